The number of hydrogen-bond donors (Lipinski definition) is 1. The van der Waals surface area contributed by atoms with Crippen LogP contribution in [0.5, 0.6) is 0 Å². The largest absolute Gasteiger partial charge is 0.350 e. The maximum atomic E-state index is 12.1. The Balaban J connectivity index is 1.90. The minimum atomic E-state index is -0.0867. The fraction of sp³-hybridized carbons (Fsp3) is 0.312. The molecule has 0 aliphatic heterocycles. The van der Waals surface area contributed by atoms with Crippen molar-refractivity contribution in [1.82, 2.24) is 5.32 Å². The van der Waals surface area contributed by atoms with Crippen LogP contribution in [0.15, 0.2) is 40.6 Å². The van der Waals surface area contributed by atoms with Gasteiger partial charge in [0.15, 0.2) is 0 Å². The molecule has 20 heavy (non-hydrogen) atoms. The number of thioether (sulfide) groups is 1. The summed E-state index contributed by atoms with van der Waals surface area (Å²) >= 11 is 3.28. The molecule has 1 amide bonds. The van der Waals surface area contributed by atoms with Crippen LogP contribution in [0, 0.1) is 13.8 Å². The van der Waals surface area contributed by atoms with E-state index in [1.54, 1.807) is 23.1 Å². The monoisotopic (exact) mass is 305 g/mol. The van der Waals surface area contributed by atoms with Crippen molar-refractivity contribution in [3.63, 3.8) is 0 Å². The van der Waals surface area contributed by atoms with E-state index in [1.807, 2.05) is 24.4 Å². The second-order valence-electron chi connectivity index (χ2n) is 4.83. The van der Waals surface area contributed by atoms with Crippen molar-refractivity contribution < 1.29 is 4.79 Å². The molecule has 1 heterocycles. The fourth-order valence-corrected chi connectivity index (χ4v) is 3.51. The molecule has 0 spiro atoms. The summed E-state index contributed by atoms with van der Waals surface area (Å²) in [5.74, 6) is 0.0865. The smallest absolute Gasteiger partial charge is 0.233 e. The Kier molecular flexibility index (Phi) is 5.26. The van der Waals surface area contributed by atoms with Gasteiger partial charge in [-0.25, -0.2) is 0 Å². The number of amides is 1. The molecule has 0 aliphatic carbocycles. The number of thiophene rings is 1. The summed E-state index contributed by atoms with van der Waals surface area (Å²) in [5, 5.41) is 4.92. The molecule has 0 unspecified atom stereocenters. The molecular formula is C16H19NOS2. The summed E-state index contributed by atoms with van der Waals surface area (Å²) in [6, 6.07) is 10.4. The Bertz CT molecular complexity index is 578. The van der Waals surface area contributed by atoms with Gasteiger partial charge in [0.25, 0.3) is 0 Å². The zero-order chi connectivity index (χ0) is 14.5. The Labute approximate surface area is 128 Å². The highest BCUT2D eigenvalue weighted by atomic mass is 32.2. The summed E-state index contributed by atoms with van der Waals surface area (Å²) < 4.78 is 0. The lowest BCUT2D eigenvalue weighted by molar-refractivity contribution is -0.120. The zero-order valence-corrected chi connectivity index (χ0v) is 13.6. The average Bonchev–Trinajstić information content (AvgIpc) is 2.92. The second-order valence-corrected chi connectivity index (χ2v) is 7.24. The van der Waals surface area contributed by atoms with Crippen molar-refractivity contribution in [1.29, 1.82) is 0 Å². The molecule has 0 saturated heterocycles. The van der Waals surface area contributed by atoms with Crippen molar-refractivity contribution >= 4 is 29.0 Å². The van der Waals surface area contributed by atoms with E-state index in [-0.39, 0.29) is 11.2 Å². The fourth-order valence-electron chi connectivity index (χ4n) is 1.91. The van der Waals surface area contributed by atoms with Crippen molar-refractivity contribution in [2.75, 3.05) is 0 Å². The van der Waals surface area contributed by atoms with E-state index < -0.39 is 0 Å². The van der Waals surface area contributed by atoms with E-state index in [1.165, 1.54) is 20.9 Å². The normalized spacial score (nSPS) is 12.2. The number of carbonyl (C=O) groups is 1. The van der Waals surface area contributed by atoms with Gasteiger partial charge in [-0.3, -0.25) is 4.79 Å². The quantitative estimate of drug-likeness (QED) is 0.840. The van der Waals surface area contributed by atoms with E-state index in [2.05, 4.69) is 37.4 Å². The lowest BCUT2D eigenvalue weighted by atomic mass is 10.2. The van der Waals surface area contributed by atoms with Crippen LogP contribution in [0.25, 0.3) is 0 Å². The molecule has 106 valence electrons. The average molecular weight is 305 g/mol. The van der Waals surface area contributed by atoms with Crippen LogP contribution >= 0.6 is 23.1 Å². The molecule has 0 saturated carbocycles. The van der Waals surface area contributed by atoms with E-state index in [0.717, 1.165) is 0 Å². The number of aryl methyl sites for hydroxylation is 2. The van der Waals surface area contributed by atoms with Gasteiger partial charge in [0.2, 0.25) is 5.91 Å². The Morgan fingerprint density at radius 2 is 2.15 bits per heavy atom. The number of benzene rings is 1. The highest BCUT2D eigenvalue weighted by Gasteiger charge is 2.15. The summed E-state index contributed by atoms with van der Waals surface area (Å²) in [5.41, 5.74) is 2.48. The molecule has 1 aromatic carbocycles. The maximum Gasteiger partial charge on any atom is 0.233 e. The van der Waals surface area contributed by atoms with Gasteiger partial charge < -0.3 is 5.32 Å². The van der Waals surface area contributed by atoms with Crippen LogP contribution in [0.2, 0.25) is 0 Å². The molecule has 2 aromatic rings. The van der Waals surface area contributed by atoms with Crippen LogP contribution in [0.1, 0.15) is 22.9 Å². The summed E-state index contributed by atoms with van der Waals surface area (Å²) in [6.45, 7) is 6.74. The third kappa shape index (κ3) is 4.12. The third-order valence-corrected chi connectivity index (χ3v) is 5.18. The number of nitrogens with one attached hydrogen (secondary N) is 1. The molecule has 0 fully saturated rings. The predicted octanol–water partition coefficient (Wildman–Crippen LogP) is 4.16. The van der Waals surface area contributed by atoms with Crippen LogP contribution in [0.4, 0.5) is 0 Å². The number of hydrogen-bond acceptors (Lipinski definition) is 3. The second kappa shape index (κ2) is 6.95. The standard InChI is InChI=1S/C16H19NOS2/c1-11-6-7-15(12(2)9-11)20-13(3)16(18)17-10-14-5-4-8-19-14/h4-9,13H,10H2,1-3H3,(H,17,18)/t13-/m0/s1. The molecular weight excluding hydrogens is 286 g/mol. The van der Waals surface area contributed by atoms with Crippen LogP contribution in [0.3, 0.4) is 0 Å². The van der Waals surface area contributed by atoms with Gasteiger partial charge >= 0.3 is 0 Å². The van der Waals surface area contributed by atoms with Gasteiger partial charge in [-0.15, -0.1) is 23.1 Å². The van der Waals surface area contributed by atoms with Gasteiger partial charge in [-0.05, 0) is 43.8 Å². The molecule has 1 atom stereocenters. The van der Waals surface area contributed by atoms with E-state index in [4.69, 9.17) is 0 Å². The van der Waals surface area contributed by atoms with Gasteiger partial charge in [0.1, 0.15) is 0 Å². The summed E-state index contributed by atoms with van der Waals surface area (Å²) in [4.78, 5) is 14.5. The van der Waals surface area contributed by atoms with Crippen molar-refractivity contribution in [3.05, 3.63) is 51.7 Å². The first kappa shape index (κ1) is 15.1. The van der Waals surface area contributed by atoms with E-state index in [9.17, 15) is 4.79 Å². The van der Waals surface area contributed by atoms with Gasteiger partial charge in [0, 0.05) is 9.77 Å². The molecule has 1 N–H and O–H groups in total. The molecule has 0 bridgehead atoms. The molecule has 1 aromatic heterocycles. The van der Waals surface area contributed by atoms with Crippen LogP contribution in [-0.2, 0) is 11.3 Å². The lowest BCUT2D eigenvalue weighted by Crippen LogP contribution is -2.30. The molecule has 4 heteroatoms. The van der Waals surface area contributed by atoms with Crippen molar-refractivity contribution in [2.24, 2.45) is 0 Å². The molecule has 2 nitrogen and oxygen atoms in total. The summed E-state index contributed by atoms with van der Waals surface area (Å²) in [7, 11) is 0. The SMILES string of the molecule is Cc1ccc(S[C@@H](C)C(=O)NCc2cccs2)c(C)c1. The molecule has 0 radical (unpaired) electrons. The van der Waals surface area contributed by atoms with Crippen LogP contribution < -0.4 is 5.32 Å². The molecule has 0 aliphatic rings. The van der Waals surface area contributed by atoms with E-state index in [0.29, 0.717) is 6.54 Å². The van der Waals surface area contributed by atoms with Gasteiger partial charge in [-0.1, -0.05) is 23.8 Å². The lowest BCUT2D eigenvalue weighted by Gasteiger charge is -2.13. The van der Waals surface area contributed by atoms with Crippen molar-refractivity contribution in [3.8, 4) is 0 Å². The minimum absolute atomic E-state index is 0.0865. The topological polar surface area (TPSA) is 29.1 Å². The van der Waals surface area contributed by atoms with E-state index >= 15 is 0 Å². The minimum Gasteiger partial charge on any atom is -0.350 e. The predicted molar refractivity (Wildman–Crippen MR) is 87.4 cm³/mol. The third-order valence-electron chi connectivity index (χ3n) is 3.02. The van der Waals surface area contributed by atoms with Crippen molar-refractivity contribution in [2.45, 2.75) is 37.5 Å². The zero-order valence-electron chi connectivity index (χ0n) is 12.0. The van der Waals surface area contributed by atoms with Crippen LogP contribution in [-0.4, -0.2) is 11.2 Å². The highest BCUT2D eigenvalue weighted by molar-refractivity contribution is 8.00. The Morgan fingerprint density at radius 3 is 2.80 bits per heavy atom. The first-order chi connectivity index (χ1) is 9.56. The van der Waals surface area contributed by atoms with Gasteiger partial charge in [0.05, 0.1) is 11.8 Å². The highest BCUT2D eigenvalue weighted by Crippen LogP contribution is 2.27. The molecule has 2 rings (SSSR count). The summed E-state index contributed by atoms with van der Waals surface area (Å²) in [6.07, 6.45) is 0. The number of rotatable bonds is 5. The van der Waals surface area contributed by atoms with Gasteiger partial charge in [-0.2, -0.15) is 0 Å². The number of carbonyl (C=O) groups excluding carboxylic acids is 1. The Morgan fingerprint density at radius 1 is 1.35 bits per heavy atom. The first-order valence-electron chi connectivity index (χ1n) is 6.60. The Hall–Kier alpha value is -1.26. The first-order valence-corrected chi connectivity index (χ1v) is 8.36. The maximum absolute atomic E-state index is 12.1.